The van der Waals surface area contributed by atoms with E-state index in [1.54, 1.807) is 12.2 Å². The Morgan fingerprint density at radius 1 is 1.47 bits per heavy atom. The lowest BCUT2D eigenvalue weighted by molar-refractivity contribution is -0.116. The maximum atomic E-state index is 11.4. The SMILES string of the molecule is CCCC/C=C/C=C/C(=O)NCC1CCOC1. The summed E-state index contributed by atoms with van der Waals surface area (Å²) < 4.78 is 5.24. The quantitative estimate of drug-likeness (QED) is 0.419. The summed E-state index contributed by atoms with van der Waals surface area (Å²) in [6.07, 6.45) is 12.0. The number of carbonyl (C=O) groups is 1. The summed E-state index contributed by atoms with van der Waals surface area (Å²) in [5.74, 6) is 0.476. The molecular formula is C14H23NO2. The lowest BCUT2D eigenvalue weighted by atomic mass is 10.1. The van der Waals surface area contributed by atoms with Crippen LogP contribution in [-0.4, -0.2) is 25.7 Å². The van der Waals surface area contributed by atoms with Crippen LogP contribution in [0.25, 0.3) is 0 Å². The fourth-order valence-electron chi connectivity index (χ4n) is 1.69. The molecule has 1 N–H and O–H groups in total. The minimum Gasteiger partial charge on any atom is -0.381 e. The molecule has 0 aromatic rings. The molecule has 0 bridgehead atoms. The van der Waals surface area contributed by atoms with Crippen molar-refractivity contribution < 1.29 is 9.53 Å². The summed E-state index contributed by atoms with van der Waals surface area (Å²) >= 11 is 0. The van der Waals surface area contributed by atoms with Crippen molar-refractivity contribution in [1.29, 1.82) is 0 Å². The Balaban J connectivity index is 2.06. The highest BCUT2D eigenvalue weighted by atomic mass is 16.5. The van der Waals surface area contributed by atoms with Crippen LogP contribution in [0.1, 0.15) is 32.6 Å². The lowest BCUT2D eigenvalue weighted by Crippen LogP contribution is -2.27. The van der Waals surface area contributed by atoms with E-state index in [2.05, 4.69) is 18.3 Å². The Morgan fingerprint density at radius 2 is 2.35 bits per heavy atom. The highest BCUT2D eigenvalue weighted by Gasteiger charge is 2.15. The maximum absolute atomic E-state index is 11.4. The molecule has 1 saturated heterocycles. The summed E-state index contributed by atoms with van der Waals surface area (Å²) in [5, 5.41) is 2.89. The molecule has 0 aliphatic carbocycles. The molecule has 0 spiro atoms. The van der Waals surface area contributed by atoms with Gasteiger partial charge in [-0.05, 0) is 12.8 Å². The number of hydrogen-bond acceptors (Lipinski definition) is 2. The zero-order chi connectivity index (χ0) is 12.3. The molecule has 0 aromatic carbocycles. The number of ether oxygens (including phenoxy) is 1. The third-order valence-corrected chi connectivity index (χ3v) is 2.81. The van der Waals surface area contributed by atoms with Crippen LogP contribution in [0, 0.1) is 5.92 Å². The van der Waals surface area contributed by atoms with E-state index in [4.69, 9.17) is 4.74 Å². The normalized spacial score (nSPS) is 20.4. The van der Waals surface area contributed by atoms with E-state index in [-0.39, 0.29) is 5.91 Å². The molecule has 0 saturated carbocycles. The van der Waals surface area contributed by atoms with E-state index in [1.807, 2.05) is 6.08 Å². The second kappa shape index (κ2) is 8.99. The number of rotatable bonds is 7. The van der Waals surface area contributed by atoms with Crippen LogP contribution in [0.4, 0.5) is 0 Å². The molecule has 1 atom stereocenters. The van der Waals surface area contributed by atoms with Gasteiger partial charge in [-0.3, -0.25) is 4.79 Å². The molecule has 17 heavy (non-hydrogen) atoms. The standard InChI is InChI=1S/C14H23NO2/c1-2-3-4-5-6-7-8-14(16)15-11-13-9-10-17-12-13/h5-8,13H,2-4,9-12H2,1H3,(H,15,16)/b6-5+,8-7+. The Hall–Kier alpha value is -1.09. The first-order valence-corrected chi connectivity index (χ1v) is 6.51. The van der Waals surface area contributed by atoms with Crippen molar-refractivity contribution in [2.24, 2.45) is 5.92 Å². The van der Waals surface area contributed by atoms with Crippen LogP contribution in [0.5, 0.6) is 0 Å². The number of unbranched alkanes of at least 4 members (excludes halogenated alkanes) is 2. The van der Waals surface area contributed by atoms with Crippen molar-refractivity contribution in [2.45, 2.75) is 32.6 Å². The molecule has 1 fully saturated rings. The van der Waals surface area contributed by atoms with E-state index in [1.165, 1.54) is 12.8 Å². The predicted octanol–water partition coefficient (Wildman–Crippen LogP) is 2.44. The van der Waals surface area contributed by atoms with Gasteiger partial charge in [0.15, 0.2) is 0 Å². The summed E-state index contributed by atoms with van der Waals surface area (Å²) in [6, 6.07) is 0. The second-order valence-electron chi connectivity index (χ2n) is 4.40. The van der Waals surface area contributed by atoms with E-state index < -0.39 is 0 Å². The number of hydrogen-bond donors (Lipinski definition) is 1. The van der Waals surface area contributed by atoms with E-state index in [0.717, 1.165) is 32.6 Å². The Bertz CT molecular complexity index is 265. The Kier molecular flexibility index (Phi) is 7.39. The third-order valence-electron chi connectivity index (χ3n) is 2.81. The molecule has 3 nitrogen and oxygen atoms in total. The largest absolute Gasteiger partial charge is 0.381 e. The minimum atomic E-state index is -0.0166. The minimum absolute atomic E-state index is 0.0166. The highest BCUT2D eigenvalue weighted by molar-refractivity contribution is 5.87. The number of nitrogens with one attached hydrogen (secondary N) is 1. The monoisotopic (exact) mass is 237 g/mol. The van der Waals surface area contributed by atoms with Crippen molar-refractivity contribution in [3.8, 4) is 0 Å². The molecule has 1 heterocycles. The van der Waals surface area contributed by atoms with Crippen molar-refractivity contribution in [3.05, 3.63) is 24.3 Å². The van der Waals surface area contributed by atoms with Crippen molar-refractivity contribution in [3.63, 3.8) is 0 Å². The molecule has 1 aliphatic rings. The number of amides is 1. The Labute approximate surface area is 104 Å². The van der Waals surface area contributed by atoms with Crippen LogP contribution in [0.2, 0.25) is 0 Å². The summed E-state index contributed by atoms with van der Waals surface area (Å²) in [5.41, 5.74) is 0. The third kappa shape index (κ3) is 6.95. The lowest BCUT2D eigenvalue weighted by Gasteiger charge is -2.06. The molecule has 1 amide bonds. The average Bonchev–Trinajstić information content (AvgIpc) is 2.84. The molecular weight excluding hydrogens is 214 g/mol. The molecule has 1 unspecified atom stereocenters. The first kappa shape index (κ1) is 14.0. The maximum Gasteiger partial charge on any atom is 0.243 e. The van der Waals surface area contributed by atoms with Crippen molar-refractivity contribution in [2.75, 3.05) is 19.8 Å². The predicted molar refractivity (Wildman–Crippen MR) is 69.7 cm³/mol. The molecule has 0 aromatic heterocycles. The second-order valence-corrected chi connectivity index (χ2v) is 4.40. The molecule has 96 valence electrons. The van der Waals surface area contributed by atoms with Crippen LogP contribution < -0.4 is 5.32 Å². The zero-order valence-electron chi connectivity index (χ0n) is 10.7. The van der Waals surface area contributed by atoms with Crippen LogP contribution in [-0.2, 0) is 9.53 Å². The van der Waals surface area contributed by atoms with Gasteiger partial charge in [0.05, 0.1) is 6.61 Å². The van der Waals surface area contributed by atoms with Gasteiger partial charge >= 0.3 is 0 Å². The van der Waals surface area contributed by atoms with Gasteiger partial charge in [0.2, 0.25) is 5.91 Å². The van der Waals surface area contributed by atoms with E-state index >= 15 is 0 Å². The first-order chi connectivity index (χ1) is 8.33. The highest BCUT2D eigenvalue weighted by Crippen LogP contribution is 2.10. The average molecular weight is 237 g/mol. The van der Waals surface area contributed by atoms with Gasteiger partial charge < -0.3 is 10.1 Å². The zero-order valence-corrected chi connectivity index (χ0v) is 10.7. The summed E-state index contributed by atoms with van der Waals surface area (Å²) in [4.78, 5) is 11.4. The van der Waals surface area contributed by atoms with Gasteiger partial charge in [0.25, 0.3) is 0 Å². The molecule has 1 rings (SSSR count). The summed E-state index contributed by atoms with van der Waals surface area (Å²) in [7, 11) is 0. The molecule has 1 aliphatic heterocycles. The van der Waals surface area contributed by atoms with Crippen LogP contribution >= 0.6 is 0 Å². The fraction of sp³-hybridized carbons (Fsp3) is 0.643. The van der Waals surface area contributed by atoms with Crippen molar-refractivity contribution >= 4 is 5.91 Å². The first-order valence-electron chi connectivity index (χ1n) is 6.51. The van der Waals surface area contributed by atoms with Gasteiger partial charge in [-0.1, -0.05) is 38.0 Å². The number of carbonyl (C=O) groups excluding carboxylic acids is 1. The topological polar surface area (TPSA) is 38.3 Å². The Morgan fingerprint density at radius 3 is 3.06 bits per heavy atom. The van der Waals surface area contributed by atoms with Gasteiger partial charge in [-0.15, -0.1) is 0 Å². The van der Waals surface area contributed by atoms with E-state index in [0.29, 0.717) is 5.92 Å². The van der Waals surface area contributed by atoms with Gasteiger partial charge in [0.1, 0.15) is 0 Å². The smallest absolute Gasteiger partial charge is 0.243 e. The van der Waals surface area contributed by atoms with Gasteiger partial charge in [-0.2, -0.15) is 0 Å². The fourth-order valence-corrected chi connectivity index (χ4v) is 1.69. The molecule has 3 heteroatoms. The van der Waals surface area contributed by atoms with Gasteiger partial charge in [-0.25, -0.2) is 0 Å². The summed E-state index contributed by atoms with van der Waals surface area (Å²) in [6.45, 7) is 4.50. The van der Waals surface area contributed by atoms with Crippen molar-refractivity contribution in [1.82, 2.24) is 5.32 Å². The van der Waals surface area contributed by atoms with Crippen LogP contribution in [0.15, 0.2) is 24.3 Å². The van der Waals surface area contributed by atoms with Crippen LogP contribution in [0.3, 0.4) is 0 Å². The van der Waals surface area contributed by atoms with E-state index in [9.17, 15) is 4.79 Å². The van der Waals surface area contributed by atoms with Gasteiger partial charge in [0, 0.05) is 25.1 Å². The molecule has 0 radical (unpaired) electrons. The number of allylic oxidation sites excluding steroid dienone is 3.